The van der Waals surface area contributed by atoms with E-state index in [0.717, 1.165) is 11.0 Å². The molecule has 0 fully saturated rings. The van der Waals surface area contributed by atoms with E-state index in [-0.39, 0.29) is 11.3 Å². The number of para-hydroxylation sites is 2. The fourth-order valence-electron chi connectivity index (χ4n) is 2.85. The van der Waals surface area contributed by atoms with Crippen LogP contribution in [0.2, 0.25) is 0 Å². The Labute approximate surface area is 150 Å². The Morgan fingerprint density at radius 3 is 2.65 bits per heavy atom. The van der Waals surface area contributed by atoms with E-state index in [1.54, 1.807) is 31.1 Å². The van der Waals surface area contributed by atoms with E-state index < -0.39 is 10.8 Å². The molecule has 0 aliphatic heterocycles. The number of fused-ring (bicyclic) bond motifs is 1. The van der Waals surface area contributed by atoms with E-state index in [1.807, 2.05) is 35.8 Å². The lowest BCUT2D eigenvalue weighted by Gasteiger charge is -2.13. The zero-order valence-electron chi connectivity index (χ0n) is 14.8. The highest BCUT2D eigenvalue weighted by molar-refractivity contribution is 6.05. The molecular formula is C18H19N5O3. The summed E-state index contributed by atoms with van der Waals surface area (Å²) in [7, 11) is 3.43. The van der Waals surface area contributed by atoms with E-state index in [2.05, 4.69) is 10.3 Å². The summed E-state index contributed by atoms with van der Waals surface area (Å²) in [5.74, 6) is -0.0264. The molecule has 0 aliphatic carbocycles. The zero-order valence-corrected chi connectivity index (χ0v) is 14.8. The Hall–Kier alpha value is -3.42. The number of aromatic nitrogens is 2. The number of anilines is 2. The first-order valence-corrected chi connectivity index (χ1v) is 8.14. The normalized spacial score (nSPS) is 10.7. The smallest absolute Gasteiger partial charge is 0.293 e. The van der Waals surface area contributed by atoms with Gasteiger partial charge in [0.25, 0.3) is 11.6 Å². The van der Waals surface area contributed by atoms with Gasteiger partial charge >= 0.3 is 0 Å². The fraction of sp³-hybridized carbons (Fsp3) is 0.222. The molecule has 8 heteroatoms. The summed E-state index contributed by atoms with van der Waals surface area (Å²) in [6, 6.07) is 12.0. The maximum atomic E-state index is 12.6. The van der Waals surface area contributed by atoms with Crippen molar-refractivity contribution in [1.82, 2.24) is 9.55 Å². The van der Waals surface area contributed by atoms with Crippen molar-refractivity contribution in [2.75, 3.05) is 24.3 Å². The minimum atomic E-state index is -0.493. The van der Waals surface area contributed by atoms with E-state index in [1.165, 1.54) is 6.07 Å². The molecule has 0 saturated heterocycles. The Balaban J connectivity index is 1.96. The Morgan fingerprint density at radius 1 is 1.27 bits per heavy atom. The first-order chi connectivity index (χ1) is 12.4. The number of nitro groups is 1. The van der Waals surface area contributed by atoms with Crippen LogP contribution in [-0.2, 0) is 6.54 Å². The average Bonchev–Trinajstić information content (AvgIpc) is 2.97. The molecule has 3 rings (SSSR count). The Bertz CT molecular complexity index is 994. The van der Waals surface area contributed by atoms with Gasteiger partial charge in [-0.1, -0.05) is 12.1 Å². The molecule has 8 nitrogen and oxygen atoms in total. The highest BCUT2D eigenvalue weighted by Gasteiger charge is 2.20. The molecule has 0 unspecified atom stereocenters. The predicted molar refractivity (Wildman–Crippen MR) is 101 cm³/mol. The molecule has 1 heterocycles. The summed E-state index contributed by atoms with van der Waals surface area (Å²) in [4.78, 5) is 29.5. The van der Waals surface area contributed by atoms with Gasteiger partial charge in [-0.3, -0.25) is 20.2 Å². The van der Waals surface area contributed by atoms with Gasteiger partial charge in [-0.2, -0.15) is 0 Å². The van der Waals surface area contributed by atoms with Crippen molar-refractivity contribution in [3.63, 3.8) is 0 Å². The second kappa shape index (κ2) is 6.83. The molecular weight excluding hydrogens is 334 g/mol. The number of nitrogens with zero attached hydrogens (tertiary/aromatic N) is 4. The summed E-state index contributed by atoms with van der Waals surface area (Å²) in [6.07, 6.45) is 0. The lowest BCUT2D eigenvalue weighted by Crippen LogP contribution is -2.17. The Morgan fingerprint density at radius 2 is 2.00 bits per heavy atom. The molecule has 1 N–H and O–H groups in total. The average molecular weight is 353 g/mol. The summed E-state index contributed by atoms with van der Waals surface area (Å²) in [5.41, 5.74) is 2.22. The van der Waals surface area contributed by atoms with Crippen molar-refractivity contribution in [3.8, 4) is 0 Å². The van der Waals surface area contributed by atoms with E-state index >= 15 is 0 Å². The summed E-state index contributed by atoms with van der Waals surface area (Å²) < 4.78 is 1.88. The summed E-state index contributed by atoms with van der Waals surface area (Å²) >= 11 is 0. The second-order valence-electron chi connectivity index (χ2n) is 5.98. The minimum absolute atomic E-state index is 0.119. The number of carbonyl (C=O) groups excluding carboxylic acids is 1. The maximum absolute atomic E-state index is 12.6. The third kappa shape index (κ3) is 3.08. The topological polar surface area (TPSA) is 93.3 Å². The van der Waals surface area contributed by atoms with Gasteiger partial charge in [0, 0.05) is 32.3 Å². The molecule has 134 valence electrons. The van der Waals surface area contributed by atoms with Gasteiger partial charge in [-0.05, 0) is 31.2 Å². The number of nitrogens with one attached hydrogen (secondary N) is 1. The van der Waals surface area contributed by atoms with Crippen molar-refractivity contribution in [3.05, 3.63) is 58.1 Å². The van der Waals surface area contributed by atoms with Gasteiger partial charge in [0.1, 0.15) is 5.69 Å². The van der Waals surface area contributed by atoms with Crippen LogP contribution in [0, 0.1) is 10.1 Å². The molecule has 0 bridgehead atoms. The van der Waals surface area contributed by atoms with Crippen LogP contribution in [0.3, 0.4) is 0 Å². The molecule has 1 aromatic heterocycles. The van der Waals surface area contributed by atoms with Crippen LogP contribution in [0.25, 0.3) is 11.0 Å². The highest BCUT2D eigenvalue weighted by atomic mass is 16.6. The van der Waals surface area contributed by atoms with Crippen LogP contribution in [-0.4, -0.2) is 34.5 Å². The number of benzene rings is 2. The number of hydrogen-bond acceptors (Lipinski definition) is 5. The largest absolute Gasteiger partial charge is 0.372 e. The second-order valence-corrected chi connectivity index (χ2v) is 5.98. The quantitative estimate of drug-likeness (QED) is 0.561. The Kier molecular flexibility index (Phi) is 4.57. The lowest BCUT2D eigenvalue weighted by atomic mass is 10.1. The van der Waals surface area contributed by atoms with Crippen molar-refractivity contribution in [2.24, 2.45) is 0 Å². The van der Waals surface area contributed by atoms with Gasteiger partial charge in [-0.15, -0.1) is 0 Å². The SMILES string of the molecule is CCn1c(NC(=O)c2ccc(N(C)C)c([N+](=O)[O-])c2)nc2ccccc21. The van der Waals surface area contributed by atoms with Crippen LogP contribution < -0.4 is 10.2 Å². The maximum Gasteiger partial charge on any atom is 0.293 e. The third-order valence-corrected chi connectivity index (χ3v) is 4.11. The van der Waals surface area contributed by atoms with Gasteiger partial charge in [0.2, 0.25) is 5.95 Å². The van der Waals surface area contributed by atoms with Gasteiger partial charge in [0.05, 0.1) is 16.0 Å². The van der Waals surface area contributed by atoms with E-state index in [0.29, 0.717) is 18.2 Å². The number of carbonyl (C=O) groups is 1. The van der Waals surface area contributed by atoms with Crippen LogP contribution in [0.4, 0.5) is 17.3 Å². The monoisotopic (exact) mass is 353 g/mol. The molecule has 2 aromatic carbocycles. The molecule has 0 aliphatic rings. The first kappa shape index (κ1) is 17.4. The summed E-state index contributed by atoms with van der Waals surface area (Å²) in [6.45, 7) is 2.59. The number of aryl methyl sites for hydroxylation is 1. The van der Waals surface area contributed by atoms with Crippen LogP contribution >= 0.6 is 0 Å². The van der Waals surface area contributed by atoms with Gasteiger partial charge in [-0.25, -0.2) is 4.98 Å². The standard InChI is InChI=1S/C18H19N5O3/c1-4-22-14-8-6-5-7-13(14)19-18(22)20-17(24)12-9-10-15(21(2)3)16(11-12)23(25)26/h5-11H,4H2,1-3H3,(H,19,20,24). The molecule has 0 spiro atoms. The van der Waals surface area contributed by atoms with Gasteiger partial charge < -0.3 is 9.47 Å². The first-order valence-electron chi connectivity index (χ1n) is 8.14. The molecule has 26 heavy (non-hydrogen) atoms. The summed E-state index contributed by atoms with van der Waals surface area (Å²) in [5, 5.41) is 14.1. The number of rotatable bonds is 5. The van der Waals surface area contributed by atoms with Crippen molar-refractivity contribution >= 4 is 34.3 Å². The van der Waals surface area contributed by atoms with E-state index in [9.17, 15) is 14.9 Å². The van der Waals surface area contributed by atoms with Crippen LogP contribution in [0.15, 0.2) is 42.5 Å². The van der Waals surface area contributed by atoms with Gasteiger partial charge in [0.15, 0.2) is 0 Å². The lowest BCUT2D eigenvalue weighted by molar-refractivity contribution is -0.384. The molecule has 0 atom stereocenters. The molecule has 0 saturated carbocycles. The fourth-order valence-corrected chi connectivity index (χ4v) is 2.85. The molecule has 0 radical (unpaired) electrons. The third-order valence-electron chi connectivity index (χ3n) is 4.11. The number of amides is 1. The van der Waals surface area contributed by atoms with E-state index in [4.69, 9.17) is 0 Å². The number of hydrogen-bond donors (Lipinski definition) is 1. The molecule has 3 aromatic rings. The zero-order chi connectivity index (χ0) is 18.8. The number of nitro benzene ring substituents is 1. The van der Waals surface area contributed by atoms with Crippen LogP contribution in [0.1, 0.15) is 17.3 Å². The van der Waals surface area contributed by atoms with Crippen molar-refractivity contribution in [1.29, 1.82) is 0 Å². The highest BCUT2D eigenvalue weighted by Crippen LogP contribution is 2.28. The predicted octanol–water partition coefficient (Wildman–Crippen LogP) is 3.28. The van der Waals surface area contributed by atoms with Crippen molar-refractivity contribution in [2.45, 2.75) is 13.5 Å². The van der Waals surface area contributed by atoms with Crippen molar-refractivity contribution < 1.29 is 9.72 Å². The number of imidazole rings is 1. The van der Waals surface area contributed by atoms with Crippen LogP contribution in [0.5, 0.6) is 0 Å². The minimum Gasteiger partial charge on any atom is -0.372 e. The molecule has 1 amide bonds.